The molecule has 0 radical (unpaired) electrons. The molecule has 2 aromatic rings. The van der Waals surface area contributed by atoms with Crippen LogP contribution in [0.25, 0.3) is 0 Å². The molecule has 1 heterocycles. The van der Waals surface area contributed by atoms with Crippen molar-refractivity contribution in [3.05, 3.63) is 71.8 Å². The molecular formula is C24H32NO4+. The Labute approximate surface area is 173 Å². The third-order valence-corrected chi connectivity index (χ3v) is 5.37. The third kappa shape index (κ3) is 7.61. The Balaban J connectivity index is 1.53. The highest BCUT2D eigenvalue weighted by Crippen LogP contribution is 2.13. The lowest BCUT2D eigenvalue weighted by molar-refractivity contribution is -0.919. The second-order valence-electron chi connectivity index (χ2n) is 7.96. The van der Waals surface area contributed by atoms with E-state index in [1.54, 1.807) is 0 Å². The molecule has 0 spiro atoms. The van der Waals surface area contributed by atoms with Crippen molar-refractivity contribution < 1.29 is 23.5 Å². The van der Waals surface area contributed by atoms with Gasteiger partial charge in [0.25, 0.3) is 0 Å². The van der Waals surface area contributed by atoms with E-state index < -0.39 is 0 Å². The summed E-state index contributed by atoms with van der Waals surface area (Å²) in [6.07, 6.45) is 0.813. The number of nitrogens with zero attached hydrogens (tertiary/aromatic N) is 1. The van der Waals surface area contributed by atoms with Crippen LogP contribution in [0.2, 0.25) is 0 Å². The Morgan fingerprint density at radius 2 is 1.62 bits per heavy atom. The van der Waals surface area contributed by atoms with Crippen molar-refractivity contribution in [1.82, 2.24) is 0 Å². The average Bonchev–Trinajstić information content (AvgIpc) is 2.74. The summed E-state index contributed by atoms with van der Waals surface area (Å²) in [5.41, 5.74) is 2.27. The Kier molecular flexibility index (Phi) is 8.23. The van der Waals surface area contributed by atoms with E-state index in [0.717, 1.165) is 48.5 Å². The number of carbonyl (C=O) groups excluding carboxylic acids is 1. The molecular weight excluding hydrogens is 366 g/mol. The molecule has 2 aromatic carbocycles. The first-order valence-electron chi connectivity index (χ1n) is 10.4. The van der Waals surface area contributed by atoms with Gasteiger partial charge in [-0.3, -0.25) is 4.79 Å². The molecule has 1 aliphatic rings. The van der Waals surface area contributed by atoms with Gasteiger partial charge in [0.1, 0.15) is 19.6 Å². The van der Waals surface area contributed by atoms with Crippen molar-refractivity contribution in [2.45, 2.75) is 25.6 Å². The quantitative estimate of drug-likeness (QED) is 0.455. The Hall–Kier alpha value is -2.21. The molecule has 1 saturated heterocycles. The SMILES string of the molecule is C[N+]1(C[C@H](COCc2ccccc2)OC(=O)CCc2ccccc2)CCOCC1. The van der Waals surface area contributed by atoms with Crippen LogP contribution in [0.5, 0.6) is 0 Å². The zero-order chi connectivity index (χ0) is 20.4. The maximum Gasteiger partial charge on any atom is 0.306 e. The number of esters is 1. The lowest BCUT2D eigenvalue weighted by Gasteiger charge is -2.39. The van der Waals surface area contributed by atoms with Crippen LogP contribution in [-0.4, -0.2) is 63.1 Å². The first kappa shape index (κ1) is 21.5. The van der Waals surface area contributed by atoms with Gasteiger partial charge in [0.15, 0.2) is 6.10 Å². The van der Waals surface area contributed by atoms with Gasteiger partial charge in [-0.05, 0) is 17.5 Å². The van der Waals surface area contributed by atoms with Crippen LogP contribution in [0.1, 0.15) is 17.5 Å². The second-order valence-corrected chi connectivity index (χ2v) is 7.96. The molecule has 0 bridgehead atoms. The van der Waals surface area contributed by atoms with Gasteiger partial charge in [-0.25, -0.2) is 0 Å². The molecule has 0 aromatic heterocycles. The van der Waals surface area contributed by atoms with Gasteiger partial charge < -0.3 is 18.7 Å². The summed E-state index contributed by atoms with van der Waals surface area (Å²) in [6.45, 7) is 5.02. The molecule has 0 N–H and O–H groups in total. The Morgan fingerprint density at radius 1 is 1.00 bits per heavy atom. The van der Waals surface area contributed by atoms with E-state index >= 15 is 0 Å². The Morgan fingerprint density at radius 3 is 2.28 bits per heavy atom. The normalized spacial score (nSPS) is 16.9. The zero-order valence-corrected chi connectivity index (χ0v) is 17.3. The summed E-state index contributed by atoms with van der Waals surface area (Å²) >= 11 is 0. The number of quaternary nitrogens is 1. The van der Waals surface area contributed by atoms with Gasteiger partial charge in [-0.1, -0.05) is 60.7 Å². The van der Waals surface area contributed by atoms with E-state index in [1.807, 2.05) is 60.7 Å². The average molecular weight is 399 g/mol. The van der Waals surface area contributed by atoms with Crippen molar-refractivity contribution >= 4 is 5.97 Å². The van der Waals surface area contributed by atoms with Gasteiger partial charge in [-0.15, -0.1) is 0 Å². The summed E-state index contributed by atoms with van der Waals surface area (Å²) in [5.74, 6) is -0.165. The number of carbonyl (C=O) groups is 1. The minimum Gasteiger partial charge on any atom is -0.454 e. The summed E-state index contributed by atoms with van der Waals surface area (Å²) in [5, 5.41) is 0. The molecule has 5 nitrogen and oxygen atoms in total. The molecule has 0 unspecified atom stereocenters. The maximum absolute atomic E-state index is 12.5. The lowest BCUT2D eigenvalue weighted by atomic mass is 10.1. The Bertz CT molecular complexity index is 729. The molecule has 5 heteroatoms. The number of hydrogen-bond donors (Lipinski definition) is 0. The predicted molar refractivity (Wildman–Crippen MR) is 112 cm³/mol. The maximum atomic E-state index is 12.5. The molecule has 0 aliphatic carbocycles. The predicted octanol–water partition coefficient (Wildman–Crippen LogP) is 3.22. The largest absolute Gasteiger partial charge is 0.454 e. The van der Waals surface area contributed by atoms with Crippen molar-refractivity contribution in [3.8, 4) is 0 Å². The standard InChI is InChI=1S/C24H32NO4/c1-25(14-16-27-17-15-25)18-23(20-28-19-22-10-6-3-7-11-22)29-24(26)13-12-21-8-4-2-5-9-21/h2-11,23H,12-20H2,1H3/q+1/t23-/m1/s1. The van der Waals surface area contributed by atoms with Crippen molar-refractivity contribution in [3.63, 3.8) is 0 Å². The van der Waals surface area contributed by atoms with E-state index in [2.05, 4.69) is 7.05 Å². The number of likely N-dealkylation sites (N-methyl/N-ethyl adjacent to an activating group) is 1. The van der Waals surface area contributed by atoms with Crippen LogP contribution in [-0.2, 0) is 32.0 Å². The van der Waals surface area contributed by atoms with E-state index in [1.165, 1.54) is 0 Å². The first-order chi connectivity index (χ1) is 14.1. The highest BCUT2D eigenvalue weighted by atomic mass is 16.6. The molecule has 29 heavy (non-hydrogen) atoms. The third-order valence-electron chi connectivity index (χ3n) is 5.37. The molecule has 0 amide bonds. The number of aryl methyl sites for hydroxylation is 1. The van der Waals surface area contributed by atoms with Crippen molar-refractivity contribution in [1.29, 1.82) is 0 Å². The number of rotatable bonds is 10. The number of hydrogen-bond acceptors (Lipinski definition) is 4. The number of morpholine rings is 1. The van der Waals surface area contributed by atoms with Crippen LogP contribution < -0.4 is 0 Å². The summed E-state index contributed by atoms with van der Waals surface area (Å²) in [7, 11) is 2.20. The smallest absolute Gasteiger partial charge is 0.306 e. The van der Waals surface area contributed by atoms with Gasteiger partial charge in [0, 0.05) is 6.42 Å². The summed E-state index contributed by atoms with van der Waals surface area (Å²) in [4.78, 5) is 12.5. The lowest BCUT2D eigenvalue weighted by Crippen LogP contribution is -2.56. The highest BCUT2D eigenvalue weighted by molar-refractivity contribution is 5.70. The number of ether oxygens (including phenoxy) is 3. The van der Waals surface area contributed by atoms with E-state index in [4.69, 9.17) is 14.2 Å². The number of benzene rings is 2. The fourth-order valence-electron chi connectivity index (χ4n) is 3.60. The van der Waals surface area contributed by atoms with Crippen LogP contribution >= 0.6 is 0 Å². The van der Waals surface area contributed by atoms with Gasteiger partial charge in [0.05, 0.1) is 33.5 Å². The van der Waals surface area contributed by atoms with Crippen molar-refractivity contribution in [2.24, 2.45) is 0 Å². The van der Waals surface area contributed by atoms with E-state index in [9.17, 15) is 4.79 Å². The monoisotopic (exact) mass is 398 g/mol. The highest BCUT2D eigenvalue weighted by Gasteiger charge is 2.31. The zero-order valence-electron chi connectivity index (χ0n) is 17.3. The van der Waals surface area contributed by atoms with Crippen molar-refractivity contribution in [2.75, 3.05) is 46.5 Å². The minimum atomic E-state index is -0.259. The topological polar surface area (TPSA) is 44.8 Å². The van der Waals surface area contributed by atoms with Gasteiger partial charge in [0.2, 0.25) is 0 Å². The van der Waals surface area contributed by atoms with Gasteiger partial charge >= 0.3 is 5.97 Å². The van der Waals surface area contributed by atoms with Crippen LogP contribution in [0.15, 0.2) is 60.7 Å². The molecule has 1 fully saturated rings. The molecule has 0 saturated carbocycles. The minimum absolute atomic E-state index is 0.165. The van der Waals surface area contributed by atoms with Gasteiger partial charge in [-0.2, -0.15) is 0 Å². The van der Waals surface area contributed by atoms with E-state index in [-0.39, 0.29) is 12.1 Å². The van der Waals surface area contributed by atoms with Crippen LogP contribution in [0.3, 0.4) is 0 Å². The van der Waals surface area contributed by atoms with Crippen LogP contribution in [0.4, 0.5) is 0 Å². The van der Waals surface area contributed by atoms with Crippen LogP contribution in [0, 0.1) is 0 Å². The molecule has 156 valence electrons. The molecule has 1 atom stereocenters. The fraction of sp³-hybridized carbons (Fsp3) is 0.458. The van der Waals surface area contributed by atoms with E-state index in [0.29, 0.717) is 26.1 Å². The fourth-order valence-corrected chi connectivity index (χ4v) is 3.60. The summed E-state index contributed by atoms with van der Waals surface area (Å²) < 4.78 is 18.1. The summed E-state index contributed by atoms with van der Waals surface area (Å²) in [6, 6.07) is 20.1. The second kappa shape index (κ2) is 11.1. The molecule has 3 rings (SSSR count). The first-order valence-corrected chi connectivity index (χ1v) is 10.4. The molecule has 1 aliphatic heterocycles.